The molecule has 0 unspecified atom stereocenters. The molecule has 0 radical (unpaired) electrons. The second-order valence-electron chi connectivity index (χ2n) is 6.84. The quantitative estimate of drug-likeness (QED) is 0.550. The predicted octanol–water partition coefficient (Wildman–Crippen LogP) is 1.40. The van der Waals surface area contributed by atoms with Gasteiger partial charge in [0.25, 0.3) is 5.56 Å². The Morgan fingerprint density at radius 2 is 1.84 bits per heavy atom. The van der Waals surface area contributed by atoms with Crippen LogP contribution in [0.15, 0.2) is 23.4 Å². The molecule has 2 N–H and O–H groups in total. The summed E-state index contributed by atoms with van der Waals surface area (Å²) < 4.78 is 44.2. The van der Waals surface area contributed by atoms with E-state index in [4.69, 9.17) is 16.3 Å². The molecule has 2 aromatic rings. The van der Waals surface area contributed by atoms with Gasteiger partial charge in [-0.1, -0.05) is 11.6 Å². The molecule has 1 fully saturated rings. The number of anilines is 2. The number of aromatic nitrogens is 4. The standard InChI is InChI=1S/C18H21ClF3N7O3/c19-12-9-24-17(25-10-12)29-5-3-28(4-6-29)14(30)1-7-32-8-2-23-13-11-26-27-16(31)15(13)18(20,21)22/h9-11H,1-8H2,(H2,23,27,31). The fraction of sp³-hybridized carbons (Fsp3) is 0.500. The molecule has 174 valence electrons. The summed E-state index contributed by atoms with van der Waals surface area (Å²) in [4.78, 5) is 35.7. The lowest BCUT2D eigenvalue weighted by atomic mass is 10.2. The summed E-state index contributed by atoms with van der Waals surface area (Å²) in [5.41, 5.74) is -3.09. The molecular formula is C18H21ClF3N7O3. The Hall–Kier alpha value is -2.93. The van der Waals surface area contributed by atoms with Crippen LogP contribution in [-0.4, -0.2) is 76.9 Å². The van der Waals surface area contributed by atoms with E-state index >= 15 is 0 Å². The molecule has 0 aromatic carbocycles. The fourth-order valence-electron chi connectivity index (χ4n) is 3.12. The van der Waals surface area contributed by atoms with Crippen LogP contribution in [-0.2, 0) is 15.7 Å². The second-order valence-corrected chi connectivity index (χ2v) is 7.28. The zero-order chi connectivity index (χ0) is 23.1. The van der Waals surface area contributed by atoms with Crippen molar-refractivity contribution in [3.8, 4) is 0 Å². The van der Waals surface area contributed by atoms with E-state index < -0.39 is 23.0 Å². The number of aromatic amines is 1. The second kappa shape index (κ2) is 10.6. The van der Waals surface area contributed by atoms with Gasteiger partial charge in [-0.2, -0.15) is 18.3 Å². The highest BCUT2D eigenvalue weighted by molar-refractivity contribution is 6.30. The number of H-pyrrole nitrogens is 1. The molecule has 10 nitrogen and oxygen atoms in total. The number of rotatable bonds is 8. The van der Waals surface area contributed by atoms with Crippen molar-refractivity contribution in [2.75, 3.05) is 56.2 Å². The maximum atomic E-state index is 13.0. The predicted molar refractivity (Wildman–Crippen MR) is 110 cm³/mol. The third kappa shape index (κ3) is 6.29. The van der Waals surface area contributed by atoms with Crippen LogP contribution in [0.5, 0.6) is 0 Å². The number of carbonyl (C=O) groups is 1. The first-order valence-electron chi connectivity index (χ1n) is 9.72. The van der Waals surface area contributed by atoms with Gasteiger partial charge in [-0.3, -0.25) is 9.59 Å². The third-order valence-electron chi connectivity index (χ3n) is 4.68. The first kappa shape index (κ1) is 23.7. The first-order chi connectivity index (χ1) is 15.3. The molecule has 3 heterocycles. The molecule has 1 aliphatic rings. The van der Waals surface area contributed by atoms with Crippen molar-refractivity contribution in [3.05, 3.63) is 39.5 Å². The van der Waals surface area contributed by atoms with Crippen LogP contribution in [0.2, 0.25) is 5.02 Å². The number of alkyl halides is 3. The number of halogens is 4. The molecule has 1 saturated heterocycles. The van der Waals surface area contributed by atoms with Gasteiger partial charge in [0.1, 0.15) is 5.56 Å². The number of nitrogens with zero attached hydrogens (tertiary/aromatic N) is 5. The van der Waals surface area contributed by atoms with Gasteiger partial charge in [-0.05, 0) is 0 Å². The molecule has 2 aromatic heterocycles. The van der Waals surface area contributed by atoms with E-state index in [0.717, 1.165) is 6.20 Å². The fourth-order valence-corrected chi connectivity index (χ4v) is 3.21. The SMILES string of the molecule is O=C(CCOCCNc1cn[nH]c(=O)c1C(F)(F)F)N1CCN(c2ncc(Cl)cn2)CC1. The van der Waals surface area contributed by atoms with Crippen molar-refractivity contribution in [1.29, 1.82) is 0 Å². The Bertz CT molecular complexity index is 964. The van der Waals surface area contributed by atoms with Gasteiger partial charge in [0, 0.05) is 32.7 Å². The highest BCUT2D eigenvalue weighted by Gasteiger charge is 2.37. The number of piperazine rings is 1. The number of hydrogen-bond donors (Lipinski definition) is 2. The summed E-state index contributed by atoms with van der Waals surface area (Å²) in [6.07, 6.45) is -0.732. The Morgan fingerprint density at radius 3 is 2.50 bits per heavy atom. The lowest BCUT2D eigenvalue weighted by Crippen LogP contribution is -2.49. The van der Waals surface area contributed by atoms with E-state index in [1.807, 2.05) is 4.90 Å². The van der Waals surface area contributed by atoms with Crippen LogP contribution in [0.4, 0.5) is 24.8 Å². The number of carbonyl (C=O) groups excluding carboxylic acids is 1. The molecule has 3 rings (SSSR count). The minimum Gasteiger partial charge on any atom is -0.381 e. The maximum absolute atomic E-state index is 13.0. The lowest BCUT2D eigenvalue weighted by molar-refractivity contribution is -0.138. The molecule has 14 heteroatoms. The third-order valence-corrected chi connectivity index (χ3v) is 4.88. The monoisotopic (exact) mass is 475 g/mol. The minimum absolute atomic E-state index is 0.0160. The summed E-state index contributed by atoms with van der Waals surface area (Å²) in [6, 6.07) is 0. The van der Waals surface area contributed by atoms with Gasteiger partial charge in [0.15, 0.2) is 0 Å². The van der Waals surface area contributed by atoms with Gasteiger partial charge < -0.3 is 19.9 Å². The van der Waals surface area contributed by atoms with E-state index in [9.17, 15) is 22.8 Å². The van der Waals surface area contributed by atoms with E-state index in [1.165, 1.54) is 12.4 Å². The van der Waals surface area contributed by atoms with Crippen LogP contribution >= 0.6 is 11.6 Å². The summed E-state index contributed by atoms with van der Waals surface area (Å²) in [5.74, 6) is 0.481. The topological polar surface area (TPSA) is 116 Å². The van der Waals surface area contributed by atoms with Crippen molar-refractivity contribution in [3.63, 3.8) is 0 Å². The zero-order valence-electron chi connectivity index (χ0n) is 16.9. The Morgan fingerprint density at radius 1 is 1.16 bits per heavy atom. The lowest BCUT2D eigenvalue weighted by Gasteiger charge is -2.34. The molecule has 1 amide bonds. The maximum Gasteiger partial charge on any atom is 0.423 e. The zero-order valence-corrected chi connectivity index (χ0v) is 17.6. The molecule has 0 spiro atoms. The van der Waals surface area contributed by atoms with E-state index in [0.29, 0.717) is 37.1 Å². The minimum atomic E-state index is -4.81. The van der Waals surface area contributed by atoms with Crippen molar-refractivity contribution in [1.82, 2.24) is 25.1 Å². The summed E-state index contributed by atoms with van der Waals surface area (Å²) in [6.45, 7) is 2.40. The van der Waals surface area contributed by atoms with Gasteiger partial charge in [0.2, 0.25) is 11.9 Å². The molecule has 0 saturated carbocycles. The average Bonchev–Trinajstić information content (AvgIpc) is 2.76. The van der Waals surface area contributed by atoms with Gasteiger partial charge >= 0.3 is 6.18 Å². The molecular weight excluding hydrogens is 455 g/mol. The van der Waals surface area contributed by atoms with Crippen LogP contribution in [0.1, 0.15) is 12.0 Å². The Balaban J connectivity index is 1.35. The van der Waals surface area contributed by atoms with Crippen LogP contribution in [0, 0.1) is 0 Å². The molecule has 32 heavy (non-hydrogen) atoms. The van der Waals surface area contributed by atoms with E-state index in [2.05, 4.69) is 20.4 Å². The summed E-state index contributed by atoms with van der Waals surface area (Å²) >= 11 is 5.78. The summed E-state index contributed by atoms with van der Waals surface area (Å²) in [5, 5.41) is 8.07. The average molecular weight is 476 g/mol. The van der Waals surface area contributed by atoms with Crippen molar-refractivity contribution < 1.29 is 22.7 Å². The van der Waals surface area contributed by atoms with Crippen LogP contribution in [0.3, 0.4) is 0 Å². The highest BCUT2D eigenvalue weighted by atomic mass is 35.5. The Kier molecular flexibility index (Phi) is 7.85. The highest BCUT2D eigenvalue weighted by Crippen LogP contribution is 2.31. The smallest absolute Gasteiger partial charge is 0.381 e. The molecule has 0 bridgehead atoms. The van der Waals surface area contributed by atoms with Crippen molar-refractivity contribution in [2.24, 2.45) is 0 Å². The van der Waals surface area contributed by atoms with Crippen molar-refractivity contribution >= 4 is 29.1 Å². The van der Waals surface area contributed by atoms with Crippen LogP contribution in [0.25, 0.3) is 0 Å². The normalized spacial score (nSPS) is 14.5. The first-order valence-corrected chi connectivity index (χ1v) is 10.1. The van der Waals surface area contributed by atoms with E-state index in [1.54, 1.807) is 10.00 Å². The van der Waals surface area contributed by atoms with Gasteiger partial charge in [-0.25, -0.2) is 15.1 Å². The summed E-state index contributed by atoms with van der Waals surface area (Å²) in [7, 11) is 0. The van der Waals surface area contributed by atoms with Gasteiger partial charge in [-0.15, -0.1) is 0 Å². The number of nitrogens with one attached hydrogen (secondary N) is 2. The Labute approximate surface area is 185 Å². The number of hydrogen-bond acceptors (Lipinski definition) is 8. The molecule has 1 aliphatic heterocycles. The molecule has 0 atom stereocenters. The molecule has 0 aliphatic carbocycles. The number of amides is 1. The van der Waals surface area contributed by atoms with Crippen LogP contribution < -0.4 is 15.8 Å². The largest absolute Gasteiger partial charge is 0.423 e. The van der Waals surface area contributed by atoms with E-state index in [-0.39, 0.29) is 32.1 Å². The number of ether oxygens (including phenoxy) is 1. The van der Waals surface area contributed by atoms with Crippen molar-refractivity contribution in [2.45, 2.75) is 12.6 Å². The van der Waals surface area contributed by atoms with Gasteiger partial charge in [0.05, 0.1) is 48.9 Å².